The summed E-state index contributed by atoms with van der Waals surface area (Å²) in [4.78, 5) is 27.9. The number of halogens is 2. The van der Waals surface area contributed by atoms with Crippen LogP contribution in [-0.4, -0.2) is 31.0 Å². The Labute approximate surface area is 200 Å². The highest BCUT2D eigenvalue weighted by Gasteiger charge is 2.48. The van der Waals surface area contributed by atoms with Gasteiger partial charge in [0.25, 0.3) is 11.7 Å². The maximum absolute atomic E-state index is 13.3. The Bertz CT molecular complexity index is 1270. The number of rotatable bonds is 5. The number of hydrogen-bond donors (Lipinski definition) is 1. The number of ketones is 1. The fourth-order valence-electron chi connectivity index (χ4n) is 3.96. The summed E-state index contributed by atoms with van der Waals surface area (Å²) in [5.74, 6) is -1.52. The van der Waals surface area contributed by atoms with Crippen LogP contribution in [0, 0.1) is 0 Å². The molecule has 0 radical (unpaired) electrons. The van der Waals surface area contributed by atoms with Gasteiger partial charge in [0.05, 0.1) is 36.4 Å². The number of anilines is 1. The third-order valence-electron chi connectivity index (χ3n) is 5.38. The van der Waals surface area contributed by atoms with Crippen molar-refractivity contribution in [3.8, 4) is 11.5 Å². The number of aliphatic hydroxyl groups excluding tert-OH is 1. The molecule has 6 nitrogen and oxygen atoms in total. The molecule has 8 heteroatoms. The molecule has 1 unspecified atom stereocenters. The lowest BCUT2D eigenvalue weighted by Gasteiger charge is -2.26. The van der Waals surface area contributed by atoms with Gasteiger partial charge in [0.1, 0.15) is 17.3 Å². The number of ether oxygens (including phenoxy) is 2. The average Bonchev–Trinajstić information content (AvgIpc) is 3.09. The van der Waals surface area contributed by atoms with E-state index in [0.29, 0.717) is 17.0 Å². The van der Waals surface area contributed by atoms with Crippen LogP contribution in [0.4, 0.5) is 5.69 Å². The van der Waals surface area contributed by atoms with Crippen molar-refractivity contribution in [2.45, 2.75) is 6.04 Å². The number of amides is 1. The molecule has 0 saturated carbocycles. The normalized spacial score (nSPS) is 17.3. The quantitative estimate of drug-likeness (QED) is 0.288. The highest BCUT2D eigenvalue weighted by Crippen LogP contribution is 2.46. The molecule has 0 aromatic heterocycles. The molecule has 0 bridgehead atoms. The van der Waals surface area contributed by atoms with Gasteiger partial charge in [-0.25, -0.2) is 0 Å². The lowest BCUT2D eigenvalue weighted by atomic mass is 9.94. The van der Waals surface area contributed by atoms with Crippen molar-refractivity contribution in [1.82, 2.24) is 0 Å². The summed E-state index contributed by atoms with van der Waals surface area (Å²) in [6.45, 7) is 0. The Morgan fingerprint density at radius 1 is 0.939 bits per heavy atom. The molecule has 4 rings (SSSR count). The largest absolute Gasteiger partial charge is 0.507 e. The number of methoxy groups -OCH3 is 2. The van der Waals surface area contributed by atoms with Crippen molar-refractivity contribution in [3.05, 3.63) is 93.5 Å². The smallest absolute Gasteiger partial charge is 0.300 e. The van der Waals surface area contributed by atoms with E-state index in [2.05, 4.69) is 0 Å². The van der Waals surface area contributed by atoms with Gasteiger partial charge in [-0.2, -0.15) is 0 Å². The zero-order chi connectivity index (χ0) is 23.7. The lowest BCUT2D eigenvalue weighted by molar-refractivity contribution is -0.132. The van der Waals surface area contributed by atoms with Crippen LogP contribution in [0.3, 0.4) is 0 Å². The Morgan fingerprint density at radius 3 is 2.27 bits per heavy atom. The summed E-state index contributed by atoms with van der Waals surface area (Å²) in [6, 6.07) is 17.7. The number of carbonyl (C=O) groups is 2. The van der Waals surface area contributed by atoms with Crippen molar-refractivity contribution in [1.29, 1.82) is 0 Å². The SMILES string of the molecule is COc1ccccc1C1/C(=C(\O)c2cc(Cl)cc(Cl)c2OC)C(=O)C(=O)N1c1ccccc1. The van der Waals surface area contributed by atoms with E-state index in [1.54, 1.807) is 54.6 Å². The number of hydrogen-bond acceptors (Lipinski definition) is 5. The van der Waals surface area contributed by atoms with Crippen molar-refractivity contribution in [3.63, 3.8) is 0 Å². The van der Waals surface area contributed by atoms with E-state index < -0.39 is 23.5 Å². The van der Waals surface area contributed by atoms with E-state index in [9.17, 15) is 14.7 Å². The van der Waals surface area contributed by atoms with E-state index in [1.165, 1.54) is 31.3 Å². The minimum atomic E-state index is -0.967. The van der Waals surface area contributed by atoms with Gasteiger partial charge in [-0.3, -0.25) is 14.5 Å². The second-order valence-electron chi connectivity index (χ2n) is 7.22. The van der Waals surface area contributed by atoms with E-state index in [1.807, 2.05) is 0 Å². The summed E-state index contributed by atoms with van der Waals surface area (Å²) < 4.78 is 10.9. The number of carbonyl (C=O) groups excluding carboxylic acids is 2. The molecule has 3 aromatic carbocycles. The monoisotopic (exact) mass is 483 g/mol. The zero-order valence-corrected chi connectivity index (χ0v) is 19.2. The summed E-state index contributed by atoms with van der Waals surface area (Å²) in [5.41, 5.74) is 0.980. The minimum absolute atomic E-state index is 0.0981. The van der Waals surface area contributed by atoms with Crippen LogP contribution in [0.25, 0.3) is 5.76 Å². The summed E-state index contributed by atoms with van der Waals surface area (Å²) >= 11 is 12.4. The topological polar surface area (TPSA) is 76.1 Å². The number of aliphatic hydroxyl groups is 1. The number of benzene rings is 3. The fraction of sp³-hybridized carbons (Fsp3) is 0.120. The maximum atomic E-state index is 13.3. The van der Waals surface area contributed by atoms with Gasteiger partial charge in [-0.15, -0.1) is 0 Å². The fourth-order valence-corrected chi connectivity index (χ4v) is 4.53. The highest BCUT2D eigenvalue weighted by atomic mass is 35.5. The standard InChI is InChI=1S/C25H19Cl2NO5/c1-32-19-11-7-6-10-16(19)21-20(22(29)17-12-14(26)13-18(27)24(17)33-2)23(30)25(31)28(21)15-8-4-3-5-9-15/h3-13,21,29H,1-2H3/b22-20+. The molecule has 1 amide bonds. The molecule has 1 heterocycles. The first-order chi connectivity index (χ1) is 15.9. The first-order valence-corrected chi connectivity index (χ1v) is 10.7. The van der Waals surface area contributed by atoms with Crippen LogP contribution in [0.2, 0.25) is 10.0 Å². The second-order valence-corrected chi connectivity index (χ2v) is 8.06. The Hall–Kier alpha value is -3.48. The Kier molecular flexibility index (Phi) is 6.31. The van der Waals surface area contributed by atoms with E-state index in [4.69, 9.17) is 32.7 Å². The second kappa shape index (κ2) is 9.17. The third-order valence-corrected chi connectivity index (χ3v) is 5.88. The van der Waals surface area contributed by atoms with Crippen molar-refractivity contribution >= 4 is 46.3 Å². The van der Waals surface area contributed by atoms with Gasteiger partial charge >= 0.3 is 0 Å². The number of Topliss-reactive ketones (excluding diaryl/α,β-unsaturated/α-hetero) is 1. The molecule has 1 N–H and O–H groups in total. The molecule has 168 valence electrons. The molecule has 1 atom stereocenters. The van der Waals surface area contributed by atoms with Crippen LogP contribution < -0.4 is 14.4 Å². The third kappa shape index (κ3) is 3.92. The molecule has 3 aromatic rings. The maximum Gasteiger partial charge on any atom is 0.300 e. The highest BCUT2D eigenvalue weighted by molar-refractivity contribution is 6.52. The van der Waals surface area contributed by atoms with Gasteiger partial charge in [-0.05, 0) is 30.3 Å². The van der Waals surface area contributed by atoms with Gasteiger partial charge in [0, 0.05) is 16.3 Å². The minimum Gasteiger partial charge on any atom is -0.507 e. The zero-order valence-electron chi connectivity index (χ0n) is 17.7. The molecular formula is C25H19Cl2NO5. The summed E-state index contributed by atoms with van der Waals surface area (Å²) in [7, 11) is 2.87. The van der Waals surface area contributed by atoms with Gasteiger partial charge in [-0.1, -0.05) is 59.6 Å². The molecular weight excluding hydrogens is 465 g/mol. The lowest BCUT2D eigenvalue weighted by Crippen LogP contribution is -2.29. The van der Waals surface area contributed by atoms with Gasteiger partial charge in [0.15, 0.2) is 0 Å². The van der Waals surface area contributed by atoms with Crippen LogP contribution in [0.5, 0.6) is 11.5 Å². The number of nitrogens with zero attached hydrogens (tertiary/aromatic N) is 1. The van der Waals surface area contributed by atoms with Crippen LogP contribution >= 0.6 is 23.2 Å². The van der Waals surface area contributed by atoms with Gasteiger partial charge < -0.3 is 14.6 Å². The van der Waals surface area contributed by atoms with Crippen LogP contribution in [0.15, 0.2) is 72.3 Å². The molecule has 33 heavy (non-hydrogen) atoms. The van der Waals surface area contributed by atoms with Gasteiger partial charge in [0.2, 0.25) is 0 Å². The van der Waals surface area contributed by atoms with E-state index in [-0.39, 0.29) is 26.9 Å². The molecule has 1 aliphatic heterocycles. The molecule has 0 spiro atoms. The first-order valence-electron chi connectivity index (χ1n) is 9.91. The van der Waals surface area contributed by atoms with Crippen molar-refractivity contribution in [2.75, 3.05) is 19.1 Å². The molecule has 1 saturated heterocycles. The van der Waals surface area contributed by atoms with Crippen molar-refractivity contribution < 1.29 is 24.2 Å². The summed E-state index contributed by atoms with van der Waals surface area (Å²) in [5, 5.41) is 11.8. The molecule has 1 fully saturated rings. The Morgan fingerprint density at radius 2 is 1.61 bits per heavy atom. The van der Waals surface area contributed by atoms with E-state index >= 15 is 0 Å². The summed E-state index contributed by atoms with van der Waals surface area (Å²) in [6.07, 6.45) is 0. The number of para-hydroxylation sites is 2. The Balaban J connectivity index is 2.04. The van der Waals surface area contributed by atoms with Crippen LogP contribution in [-0.2, 0) is 9.59 Å². The average molecular weight is 484 g/mol. The molecule has 0 aliphatic carbocycles. The van der Waals surface area contributed by atoms with E-state index in [0.717, 1.165) is 0 Å². The molecule has 1 aliphatic rings. The predicted molar refractivity (Wildman–Crippen MR) is 127 cm³/mol. The predicted octanol–water partition coefficient (Wildman–Crippen LogP) is 5.64. The first kappa shape index (κ1) is 22.7. The van der Waals surface area contributed by atoms with Crippen LogP contribution in [0.1, 0.15) is 17.2 Å². The van der Waals surface area contributed by atoms with Crippen molar-refractivity contribution in [2.24, 2.45) is 0 Å².